The molecule has 0 atom stereocenters. The molecule has 2 aliphatic heterocycles. The number of aromatic amines is 1. The Kier molecular flexibility index (Phi) is 3.40. The first-order chi connectivity index (χ1) is 10.2. The summed E-state index contributed by atoms with van der Waals surface area (Å²) in [6.45, 7) is 10.7. The average molecular weight is 306 g/mol. The summed E-state index contributed by atoms with van der Waals surface area (Å²) in [7, 11) is 0. The van der Waals surface area contributed by atoms with Crippen molar-refractivity contribution in [1.29, 1.82) is 0 Å². The Labute approximate surface area is 128 Å². The Bertz CT molecular complexity index is 623. The highest BCUT2D eigenvalue weighted by molar-refractivity contribution is 7.21. The number of nitrogens with zero attached hydrogens (tertiary/aromatic N) is 3. The van der Waals surface area contributed by atoms with Crippen molar-refractivity contribution < 1.29 is 4.74 Å². The van der Waals surface area contributed by atoms with E-state index in [2.05, 4.69) is 34.8 Å². The smallest absolute Gasteiger partial charge is 0.187 e. The quantitative estimate of drug-likeness (QED) is 0.945. The molecule has 2 aromatic rings. The summed E-state index contributed by atoms with van der Waals surface area (Å²) in [5.74, 6) is 0.518. The van der Waals surface area contributed by atoms with Gasteiger partial charge in [0, 0.05) is 32.4 Å². The molecule has 0 spiro atoms. The second-order valence-electron chi connectivity index (χ2n) is 6.29. The number of aromatic nitrogens is 2. The lowest BCUT2D eigenvalue weighted by molar-refractivity contribution is -0.0660. The van der Waals surface area contributed by atoms with Crippen molar-refractivity contribution in [1.82, 2.24) is 14.9 Å². The molecule has 6 heteroatoms. The highest BCUT2D eigenvalue weighted by Crippen LogP contribution is 2.33. The number of H-pyrrole nitrogens is 1. The maximum absolute atomic E-state index is 5.29. The van der Waals surface area contributed by atoms with Crippen molar-refractivity contribution in [3.63, 3.8) is 0 Å². The monoisotopic (exact) mass is 306 g/mol. The van der Waals surface area contributed by atoms with Gasteiger partial charge in [0.05, 0.1) is 19.3 Å². The molecule has 114 valence electrons. The van der Waals surface area contributed by atoms with Crippen molar-refractivity contribution in [2.75, 3.05) is 44.3 Å². The van der Waals surface area contributed by atoms with Gasteiger partial charge >= 0.3 is 0 Å². The van der Waals surface area contributed by atoms with Crippen molar-refractivity contribution in [3.05, 3.63) is 11.8 Å². The maximum Gasteiger partial charge on any atom is 0.187 e. The van der Waals surface area contributed by atoms with Gasteiger partial charge in [-0.25, -0.2) is 4.98 Å². The van der Waals surface area contributed by atoms with Crippen LogP contribution in [0.3, 0.4) is 0 Å². The number of nitrogens with one attached hydrogen (secondary N) is 1. The summed E-state index contributed by atoms with van der Waals surface area (Å²) in [4.78, 5) is 14.5. The summed E-state index contributed by atoms with van der Waals surface area (Å²) >= 11 is 1.79. The lowest BCUT2D eigenvalue weighted by atomic mass is 10.1. The van der Waals surface area contributed by atoms with Crippen LogP contribution in [0.4, 0.5) is 5.13 Å². The van der Waals surface area contributed by atoms with Gasteiger partial charge in [-0.2, -0.15) is 0 Å². The van der Waals surface area contributed by atoms with E-state index in [-0.39, 0.29) is 0 Å². The first-order valence-corrected chi connectivity index (χ1v) is 8.58. The lowest BCUT2D eigenvalue weighted by Gasteiger charge is -2.42. The van der Waals surface area contributed by atoms with Gasteiger partial charge in [0.25, 0.3) is 0 Å². The van der Waals surface area contributed by atoms with Gasteiger partial charge in [-0.15, -0.1) is 0 Å². The Morgan fingerprint density at radius 3 is 2.67 bits per heavy atom. The zero-order chi connectivity index (χ0) is 14.4. The number of hydrogen-bond donors (Lipinski definition) is 1. The van der Waals surface area contributed by atoms with Gasteiger partial charge in [0.15, 0.2) is 5.13 Å². The molecule has 0 radical (unpaired) electrons. The molecule has 1 N–H and O–H groups in total. The Morgan fingerprint density at radius 2 is 2.05 bits per heavy atom. The molecule has 21 heavy (non-hydrogen) atoms. The number of rotatable bonds is 3. The Hall–Kier alpha value is -1.11. The van der Waals surface area contributed by atoms with E-state index in [1.807, 2.05) is 0 Å². The van der Waals surface area contributed by atoms with Gasteiger partial charge < -0.3 is 14.6 Å². The topological polar surface area (TPSA) is 44.4 Å². The predicted octanol–water partition coefficient (Wildman–Crippen LogP) is 2.27. The molecule has 0 aliphatic carbocycles. The van der Waals surface area contributed by atoms with Gasteiger partial charge in [0.2, 0.25) is 0 Å². The third kappa shape index (κ3) is 2.35. The molecule has 0 unspecified atom stereocenters. The van der Waals surface area contributed by atoms with Crippen LogP contribution in [0, 0.1) is 0 Å². The minimum atomic E-state index is 0.518. The molecule has 2 aliphatic rings. The van der Waals surface area contributed by atoms with Crippen LogP contribution < -0.4 is 4.90 Å². The Morgan fingerprint density at radius 1 is 1.29 bits per heavy atom. The van der Waals surface area contributed by atoms with E-state index in [4.69, 9.17) is 9.72 Å². The first-order valence-electron chi connectivity index (χ1n) is 7.77. The average Bonchev–Trinajstić information content (AvgIpc) is 2.96. The SMILES string of the molecule is CC(C)c1c[nH]c2sc(N3CCN(C4COC4)CC3)nc12. The molecule has 5 nitrogen and oxygen atoms in total. The lowest BCUT2D eigenvalue weighted by Crippen LogP contribution is -2.56. The van der Waals surface area contributed by atoms with E-state index >= 15 is 0 Å². The standard InChI is InChI=1S/C15H22N4OS/c1-10(2)12-7-16-14-13(12)17-15(21-14)19-5-3-18(4-6-19)11-8-20-9-11/h7,10-11,16H,3-6,8-9H2,1-2H3. The third-order valence-corrected chi connectivity index (χ3v) is 5.64. The summed E-state index contributed by atoms with van der Waals surface area (Å²) in [5, 5.41) is 1.17. The molecule has 2 fully saturated rings. The van der Waals surface area contributed by atoms with Gasteiger partial charge in [-0.3, -0.25) is 4.90 Å². The molecule has 0 amide bonds. The second kappa shape index (κ2) is 5.26. The molecule has 0 aromatic carbocycles. The molecule has 4 heterocycles. The van der Waals surface area contributed by atoms with Crippen molar-refractivity contribution >= 4 is 26.8 Å². The number of fused-ring (bicyclic) bond motifs is 1. The van der Waals surface area contributed by atoms with E-state index in [0.717, 1.165) is 39.4 Å². The van der Waals surface area contributed by atoms with E-state index in [1.165, 1.54) is 21.0 Å². The number of thiazole rings is 1. The van der Waals surface area contributed by atoms with Crippen molar-refractivity contribution in [2.45, 2.75) is 25.8 Å². The highest BCUT2D eigenvalue weighted by Gasteiger charge is 2.29. The normalized spacial score (nSPS) is 21.4. The molecule has 4 rings (SSSR count). The van der Waals surface area contributed by atoms with Gasteiger partial charge in [-0.1, -0.05) is 25.2 Å². The summed E-state index contributed by atoms with van der Waals surface area (Å²) < 4.78 is 5.29. The predicted molar refractivity (Wildman–Crippen MR) is 86.5 cm³/mol. The van der Waals surface area contributed by atoms with Crippen LogP contribution in [-0.4, -0.2) is 60.3 Å². The zero-order valence-electron chi connectivity index (χ0n) is 12.6. The largest absolute Gasteiger partial charge is 0.378 e. The van der Waals surface area contributed by atoms with Gasteiger partial charge in [0.1, 0.15) is 10.3 Å². The number of piperazine rings is 1. The van der Waals surface area contributed by atoms with Gasteiger partial charge in [-0.05, 0) is 11.5 Å². The van der Waals surface area contributed by atoms with Crippen molar-refractivity contribution in [2.24, 2.45) is 0 Å². The summed E-state index contributed by atoms with van der Waals surface area (Å²) in [6.07, 6.45) is 2.11. The van der Waals surface area contributed by atoms with Crippen LogP contribution in [0.1, 0.15) is 25.3 Å². The van der Waals surface area contributed by atoms with E-state index in [0.29, 0.717) is 12.0 Å². The molecular formula is C15H22N4OS. The van der Waals surface area contributed by atoms with Crippen LogP contribution in [0.5, 0.6) is 0 Å². The van der Waals surface area contributed by atoms with E-state index in [1.54, 1.807) is 11.3 Å². The molecule has 0 saturated carbocycles. The molecule has 2 saturated heterocycles. The fourth-order valence-electron chi connectivity index (χ4n) is 3.10. The van der Waals surface area contributed by atoms with E-state index in [9.17, 15) is 0 Å². The number of ether oxygens (including phenoxy) is 1. The third-order valence-electron chi connectivity index (χ3n) is 4.59. The molecular weight excluding hydrogens is 284 g/mol. The summed E-state index contributed by atoms with van der Waals surface area (Å²) in [6, 6.07) is 0.658. The molecule has 0 bridgehead atoms. The number of anilines is 1. The minimum absolute atomic E-state index is 0.518. The second-order valence-corrected chi connectivity index (χ2v) is 7.26. The fraction of sp³-hybridized carbons (Fsp3) is 0.667. The minimum Gasteiger partial charge on any atom is -0.378 e. The van der Waals surface area contributed by atoms with Crippen molar-refractivity contribution in [3.8, 4) is 0 Å². The highest BCUT2D eigenvalue weighted by atomic mass is 32.1. The Balaban J connectivity index is 1.49. The van der Waals surface area contributed by atoms with Crippen LogP contribution in [-0.2, 0) is 4.74 Å². The zero-order valence-corrected chi connectivity index (χ0v) is 13.4. The maximum atomic E-state index is 5.29. The first kappa shape index (κ1) is 13.5. The fourth-order valence-corrected chi connectivity index (χ4v) is 4.11. The van der Waals surface area contributed by atoms with E-state index < -0.39 is 0 Å². The van der Waals surface area contributed by atoms with Crippen LogP contribution in [0.25, 0.3) is 10.3 Å². The number of hydrogen-bond acceptors (Lipinski definition) is 5. The molecule has 2 aromatic heterocycles. The van der Waals surface area contributed by atoms with Crippen LogP contribution in [0.15, 0.2) is 6.20 Å². The summed E-state index contributed by atoms with van der Waals surface area (Å²) in [5.41, 5.74) is 2.50. The van der Waals surface area contributed by atoms with Crippen LogP contribution >= 0.6 is 11.3 Å². The van der Waals surface area contributed by atoms with Crippen LogP contribution in [0.2, 0.25) is 0 Å².